The number of carbonyl (C=O) groups is 1. The van der Waals surface area contributed by atoms with Gasteiger partial charge in [-0.15, -0.1) is 0 Å². The van der Waals surface area contributed by atoms with Crippen molar-refractivity contribution < 1.29 is 4.79 Å². The Balaban J connectivity index is 1.70. The number of carbonyl (C=O) groups excluding carboxylic acids is 1. The highest BCUT2D eigenvalue weighted by Gasteiger charge is 2.23. The Bertz CT molecular complexity index is 754. The summed E-state index contributed by atoms with van der Waals surface area (Å²) in [6, 6.07) is 7.37. The molecule has 3 rings (SSSR count). The highest BCUT2D eigenvalue weighted by atomic mass is 35.5. The second-order valence-electron chi connectivity index (χ2n) is 7.57. The summed E-state index contributed by atoms with van der Waals surface area (Å²) in [7, 11) is 0. The summed E-state index contributed by atoms with van der Waals surface area (Å²) >= 11 is 6.18. The van der Waals surface area contributed by atoms with Crippen LogP contribution in [0.5, 0.6) is 0 Å². The summed E-state index contributed by atoms with van der Waals surface area (Å²) in [6.45, 7) is 9.73. The van der Waals surface area contributed by atoms with E-state index in [0.717, 1.165) is 25.0 Å². The number of likely N-dealkylation sites (tertiary alicyclic amines) is 1. The van der Waals surface area contributed by atoms with E-state index in [2.05, 4.69) is 36.0 Å². The molecule has 0 saturated carbocycles. The molecular formula is C20H26ClN3O. The average molecular weight is 360 g/mol. The smallest absolute Gasteiger partial charge is 0.253 e. The molecule has 0 spiro atoms. The Hall–Kier alpha value is -1.65. The number of benzene rings is 1. The van der Waals surface area contributed by atoms with Gasteiger partial charge in [0, 0.05) is 42.3 Å². The summed E-state index contributed by atoms with van der Waals surface area (Å²) < 4.78 is 0. The van der Waals surface area contributed by atoms with E-state index in [1.54, 1.807) is 12.3 Å². The SMILES string of the molecule is CC1CC(C)CN(CC(C)NC(=O)c2cc(Cl)cc3cccnc23)C1. The summed E-state index contributed by atoms with van der Waals surface area (Å²) in [4.78, 5) is 19.6. The quantitative estimate of drug-likeness (QED) is 0.897. The predicted octanol–water partition coefficient (Wildman–Crippen LogP) is 3.98. The van der Waals surface area contributed by atoms with E-state index in [1.165, 1.54) is 6.42 Å². The van der Waals surface area contributed by atoms with Crippen LogP contribution in [0.25, 0.3) is 10.9 Å². The number of rotatable bonds is 4. The third-order valence-electron chi connectivity index (χ3n) is 4.77. The molecule has 3 atom stereocenters. The highest BCUT2D eigenvalue weighted by molar-refractivity contribution is 6.32. The minimum Gasteiger partial charge on any atom is -0.348 e. The number of nitrogens with one attached hydrogen (secondary N) is 1. The number of aromatic nitrogens is 1. The molecule has 4 nitrogen and oxygen atoms in total. The van der Waals surface area contributed by atoms with Crippen LogP contribution < -0.4 is 5.32 Å². The van der Waals surface area contributed by atoms with Gasteiger partial charge < -0.3 is 10.2 Å². The van der Waals surface area contributed by atoms with Crippen molar-refractivity contribution in [2.45, 2.75) is 33.2 Å². The molecule has 0 bridgehead atoms. The topological polar surface area (TPSA) is 45.2 Å². The third-order valence-corrected chi connectivity index (χ3v) is 4.99. The van der Waals surface area contributed by atoms with Crippen LogP contribution in [0.3, 0.4) is 0 Å². The number of pyridine rings is 1. The molecule has 1 N–H and O–H groups in total. The first kappa shape index (κ1) is 18.2. The molecule has 0 aliphatic carbocycles. The number of hydrogen-bond acceptors (Lipinski definition) is 3. The van der Waals surface area contributed by atoms with Crippen LogP contribution in [0.2, 0.25) is 5.02 Å². The lowest BCUT2D eigenvalue weighted by Crippen LogP contribution is -2.47. The molecule has 5 heteroatoms. The van der Waals surface area contributed by atoms with Crippen molar-refractivity contribution in [2.75, 3.05) is 19.6 Å². The molecule has 2 aromatic rings. The molecule has 25 heavy (non-hydrogen) atoms. The summed E-state index contributed by atoms with van der Waals surface area (Å²) in [5.74, 6) is 1.32. The van der Waals surface area contributed by atoms with Gasteiger partial charge in [-0.05, 0) is 43.4 Å². The highest BCUT2D eigenvalue weighted by Crippen LogP contribution is 2.23. The lowest BCUT2D eigenvalue weighted by Gasteiger charge is -2.36. The van der Waals surface area contributed by atoms with Crippen LogP contribution >= 0.6 is 11.6 Å². The Morgan fingerprint density at radius 1 is 1.36 bits per heavy atom. The minimum absolute atomic E-state index is 0.0720. The van der Waals surface area contributed by atoms with Gasteiger partial charge in [0.1, 0.15) is 0 Å². The Morgan fingerprint density at radius 2 is 2.08 bits per heavy atom. The fraction of sp³-hybridized carbons (Fsp3) is 0.500. The van der Waals surface area contributed by atoms with Gasteiger partial charge in [-0.25, -0.2) is 0 Å². The van der Waals surface area contributed by atoms with E-state index in [9.17, 15) is 4.79 Å². The van der Waals surface area contributed by atoms with Crippen LogP contribution in [0, 0.1) is 11.8 Å². The molecule has 1 fully saturated rings. The first-order valence-corrected chi connectivity index (χ1v) is 9.37. The van der Waals surface area contributed by atoms with Gasteiger partial charge >= 0.3 is 0 Å². The fourth-order valence-electron chi connectivity index (χ4n) is 4.00. The largest absolute Gasteiger partial charge is 0.348 e. The van der Waals surface area contributed by atoms with Gasteiger partial charge in [0.15, 0.2) is 0 Å². The number of piperidine rings is 1. The van der Waals surface area contributed by atoms with E-state index in [4.69, 9.17) is 11.6 Å². The number of amides is 1. The van der Waals surface area contributed by atoms with Crippen molar-refractivity contribution in [1.29, 1.82) is 0 Å². The normalized spacial score (nSPS) is 22.7. The van der Waals surface area contributed by atoms with Gasteiger partial charge in [0.25, 0.3) is 5.91 Å². The molecule has 1 amide bonds. The Kier molecular flexibility index (Phi) is 5.60. The third kappa shape index (κ3) is 4.50. The molecule has 1 aliphatic rings. The first-order chi connectivity index (χ1) is 11.9. The molecule has 2 heterocycles. The molecule has 1 aromatic carbocycles. The molecular weight excluding hydrogens is 334 g/mol. The lowest BCUT2D eigenvalue weighted by atomic mass is 9.92. The standard InChI is InChI=1S/C20H26ClN3O/c1-13-7-14(2)11-24(10-13)12-15(3)23-20(25)18-9-17(21)8-16-5-4-6-22-19(16)18/h4-6,8-9,13-15H,7,10-12H2,1-3H3,(H,23,25). The molecule has 1 aliphatic heterocycles. The molecule has 3 unspecified atom stereocenters. The summed E-state index contributed by atoms with van der Waals surface area (Å²) in [6.07, 6.45) is 2.99. The Labute approximate surface area is 154 Å². The van der Waals surface area contributed by atoms with E-state index < -0.39 is 0 Å². The maximum absolute atomic E-state index is 12.8. The van der Waals surface area contributed by atoms with E-state index >= 15 is 0 Å². The number of fused-ring (bicyclic) bond motifs is 1. The molecule has 1 aromatic heterocycles. The summed E-state index contributed by atoms with van der Waals surface area (Å²) in [5.41, 5.74) is 1.23. The van der Waals surface area contributed by atoms with Gasteiger partial charge in [-0.3, -0.25) is 9.78 Å². The lowest BCUT2D eigenvalue weighted by molar-refractivity contribution is 0.0906. The van der Waals surface area contributed by atoms with E-state index in [0.29, 0.717) is 27.9 Å². The first-order valence-electron chi connectivity index (χ1n) is 9.00. The van der Waals surface area contributed by atoms with Crippen LogP contribution in [-0.2, 0) is 0 Å². The number of hydrogen-bond donors (Lipinski definition) is 1. The van der Waals surface area contributed by atoms with E-state index in [-0.39, 0.29) is 11.9 Å². The van der Waals surface area contributed by atoms with Crippen LogP contribution in [0.4, 0.5) is 0 Å². The monoisotopic (exact) mass is 359 g/mol. The zero-order valence-corrected chi connectivity index (χ0v) is 15.9. The summed E-state index contributed by atoms with van der Waals surface area (Å²) in [5, 5.41) is 4.55. The van der Waals surface area contributed by atoms with Crippen LogP contribution in [-0.4, -0.2) is 41.5 Å². The maximum atomic E-state index is 12.8. The van der Waals surface area contributed by atoms with Crippen LogP contribution in [0.15, 0.2) is 30.5 Å². The number of halogens is 1. The second-order valence-corrected chi connectivity index (χ2v) is 8.00. The van der Waals surface area contributed by atoms with Crippen LogP contribution in [0.1, 0.15) is 37.6 Å². The predicted molar refractivity (Wildman–Crippen MR) is 103 cm³/mol. The van der Waals surface area contributed by atoms with Crippen molar-refractivity contribution >= 4 is 28.4 Å². The fourth-order valence-corrected chi connectivity index (χ4v) is 4.23. The van der Waals surface area contributed by atoms with Gasteiger partial charge in [-0.1, -0.05) is 31.5 Å². The zero-order chi connectivity index (χ0) is 18.0. The number of nitrogens with zero attached hydrogens (tertiary/aromatic N) is 2. The van der Waals surface area contributed by atoms with Gasteiger partial charge in [0.05, 0.1) is 11.1 Å². The second kappa shape index (κ2) is 7.71. The van der Waals surface area contributed by atoms with Gasteiger partial charge in [0.2, 0.25) is 0 Å². The maximum Gasteiger partial charge on any atom is 0.253 e. The van der Waals surface area contributed by atoms with Crippen molar-refractivity contribution in [3.63, 3.8) is 0 Å². The minimum atomic E-state index is -0.114. The average Bonchev–Trinajstić information content (AvgIpc) is 2.52. The Morgan fingerprint density at radius 3 is 2.80 bits per heavy atom. The molecule has 0 radical (unpaired) electrons. The van der Waals surface area contributed by atoms with Crippen molar-refractivity contribution in [3.05, 3.63) is 41.0 Å². The van der Waals surface area contributed by atoms with Crippen molar-refractivity contribution in [1.82, 2.24) is 15.2 Å². The zero-order valence-electron chi connectivity index (χ0n) is 15.1. The van der Waals surface area contributed by atoms with Gasteiger partial charge in [-0.2, -0.15) is 0 Å². The van der Waals surface area contributed by atoms with Crippen molar-refractivity contribution in [2.24, 2.45) is 11.8 Å². The molecule has 1 saturated heterocycles. The van der Waals surface area contributed by atoms with Crippen molar-refractivity contribution in [3.8, 4) is 0 Å². The molecule has 134 valence electrons. The van der Waals surface area contributed by atoms with E-state index in [1.807, 2.05) is 18.2 Å².